The Morgan fingerprint density at radius 3 is 2.86 bits per heavy atom. The van der Waals surface area contributed by atoms with Crippen LogP contribution in [-0.4, -0.2) is 52.4 Å². The fourth-order valence-electron chi connectivity index (χ4n) is 3.78. The third-order valence-electron chi connectivity index (χ3n) is 5.25. The standard InChI is InChI=1S/C21H33N3O3S/c1-4-27-13-15(25)11-24(10-9-14(2)3)12-18-22-20(26)19-16-7-5-6-8-17(16)28-21(19)23-18/h14-15,25H,4-13H2,1-3H3,(H,22,23,26). The van der Waals surface area contributed by atoms with Gasteiger partial charge in [0.1, 0.15) is 10.7 Å². The summed E-state index contributed by atoms with van der Waals surface area (Å²) in [7, 11) is 0. The second-order valence-electron chi connectivity index (χ2n) is 8.13. The quantitative estimate of drug-likeness (QED) is 0.633. The fraction of sp³-hybridized carbons (Fsp3) is 0.714. The largest absolute Gasteiger partial charge is 0.389 e. The van der Waals surface area contributed by atoms with Crippen LogP contribution in [0.25, 0.3) is 10.2 Å². The van der Waals surface area contributed by atoms with Crippen molar-refractivity contribution in [3.8, 4) is 0 Å². The van der Waals surface area contributed by atoms with Gasteiger partial charge in [-0.2, -0.15) is 0 Å². The molecular weight excluding hydrogens is 374 g/mol. The van der Waals surface area contributed by atoms with Crippen LogP contribution in [0.5, 0.6) is 0 Å². The van der Waals surface area contributed by atoms with Gasteiger partial charge in [-0.15, -0.1) is 11.3 Å². The van der Waals surface area contributed by atoms with Crippen molar-refractivity contribution in [3.05, 3.63) is 26.6 Å². The Balaban J connectivity index is 1.78. The molecule has 0 saturated carbocycles. The van der Waals surface area contributed by atoms with Gasteiger partial charge in [0.15, 0.2) is 0 Å². The van der Waals surface area contributed by atoms with E-state index in [1.54, 1.807) is 11.3 Å². The molecule has 156 valence electrons. The van der Waals surface area contributed by atoms with Crippen LogP contribution in [0.1, 0.15) is 56.3 Å². The minimum absolute atomic E-state index is 0.0157. The van der Waals surface area contributed by atoms with E-state index < -0.39 is 6.10 Å². The second kappa shape index (κ2) is 9.96. The first-order chi connectivity index (χ1) is 13.5. The van der Waals surface area contributed by atoms with Crippen LogP contribution >= 0.6 is 11.3 Å². The van der Waals surface area contributed by atoms with Crippen molar-refractivity contribution in [2.45, 2.75) is 65.5 Å². The average molecular weight is 408 g/mol. The monoisotopic (exact) mass is 407 g/mol. The first-order valence-corrected chi connectivity index (χ1v) is 11.3. The Morgan fingerprint density at radius 2 is 2.11 bits per heavy atom. The molecule has 3 rings (SSSR count). The van der Waals surface area contributed by atoms with Crippen molar-refractivity contribution in [1.29, 1.82) is 0 Å². The van der Waals surface area contributed by atoms with Crippen molar-refractivity contribution >= 4 is 21.6 Å². The molecule has 0 aliphatic heterocycles. The Bertz CT molecular complexity index is 830. The van der Waals surface area contributed by atoms with Crippen LogP contribution in [0.2, 0.25) is 0 Å². The molecule has 0 aromatic carbocycles. The molecule has 2 N–H and O–H groups in total. The molecule has 0 amide bonds. The number of aromatic amines is 1. The number of aromatic nitrogens is 2. The third kappa shape index (κ3) is 5.41. The van der Waals surface area contributed by atoms with Gasteiger partial charge in [-0.1, -0.05) is 13.8 Å². The van der Waals surface area contributed by atoms with Crippen molar-refractivity contribution in [2.24, 2.45) is 5.92 Å². The zero-order chi connectivity index (χ0) is 20.1. The Hall–Kier alpha value is -1.28. The van der Waals surface area contributed by atoms with E-state index in [2.05, 4.69) is 23.7 Å². The summed E-state index contributed by atoms with van der Waals surface area (Å²) >= 11 is 1.68. The number of thiophene rings is 1. The molecule has 1 aliphatic carbocycles. The van der Waals surface area contributed by atoms with Crippen molar-refractivity contribution in [1.82, 2.24) is 14.9 Å². The topological polar surface area (TPSA) is 78.5 Å². The average Bonchev–Trinajstić information content (AvgIpc) is 3.03. The molecule has 1 atom stereocenters. The minimum atomic E-state index is -0.545. The van der Waals surface area contributed by atoms with E-state index in [4.69, 9.17) is 9.72 Å². The van der Waals surface area contributed by atoms with E-state index >= 15 is 0 Å². The SMILES string of the molecule is CCOCC(O)CN(CCC(C)C)Cc1nc2sc3c(c2c(=O)[nH]1)CCCC3. The van der Waals surface area contributed by atoms with Gasteiger partial charge in [0.05, 0.1) is 24.6 Å². The smallest absolute Gasteiger partial charge is 0.259 e. The van der Waals surface area contributed by atoms with Crippen molar-refractivity contribution in [3.63, 3.8) is 0 Å². The summed E-state index contributed by atoms with van der Waals surface area (Å²) in [6.45, 7) is 9.12. The van der Waals surface area contributed by atoms with E-state index in [1.165, 1.54) is 16.9 Å². The minimum Gasteiger partial charge on any atom is -0.389 e. The number of fused-ring (bicyclic) bond motifs is 3. The number of aliphatic hydroxyl groups excluding tert-OH is 1. The highest BCUT2D eigenvalue weighted by molar-refractivity contribution is 7.18. The molecular formula is C21H33N3O3S. The zero-order valence-corrected chi connectivity index (χ0v) is 18.1. The second-order valence-corrected chi connectivity index (χ2v) is 9.22. The van der Waals surface area contributed by atoms with Crippen LogP contribution in [0.3, 0.4) is 0 Å². The summed E-state index contributed by atoms with van der Waals surface area (Å²) in [4.78, 5) is 24.9. The summed E-state index contributed by atoms with van der Waals surface area (Å²) in [5.41, 5.74) is 1.20. The van der Waals surface area contributed by atoms with E-state index in [0.717, 1.165) is 42.4 Å². The summed E-state index contributed by atoms with van der Waals surface area (Å²) in [5.74, 6) is 1.26. The molecule has 28 heavy (non-hydrogen) atoms. The number of aryl methyl sites for hydroxylation is 2. The number of rotatable bonds is 10. The first-order valence-electron chi connectivity index (χ1n) is 10.5. The van der Waals surface area contributed by atoms with E-state index in [9.17, 15) is 9.90 Å². The molecule has 2 aromatic heterocycles. The highest BCUT2D eigenvalue weighted by Gasteiger charge is 2.21. The number of hydrogen-bond donors (Lipinski definition) is 2. The van der Waals surface area contributed by atoms with Crippen molar-refractivity contribution < 1.29 is 9.84 Å². The van der Waals surface area contributed by atoms with Crippen LogP contribution in [0, 0.1) is 5.92 Å². The lowest BCUT2D eigenvalue weighted by Crippen LogP contribution is -2.36. The summed E-state index contributed by atoms with van der Waals surface area (Å²) in [6.07, 6.45) is 4.89. The van der Waals surface area contributed by atoms with E-state index in [-0.39, 0.29) is 5.56 Å². The van der Waals surface area contributed by atoms with Gasteiger partial charge in [0, 0.05) is 18.0 Å². The summed E-state index contributed by atoms with van der Waals surface area (Å²) in [6, 6.07) is 0. The Labute approximate surface area is 170 Å². The van der Waals surface area contributed by atoms with E-state index in [1.807, 2.05) is 6.92 Å². The van der Waals surface area contributed by atoms with E-state index in [0.29, 0.717) is 38.0 Å². The van der Waals surface area contributed by atoms with Crippen LogP contribution in [0.4, 0.5) is 0 Å². The van der Waals surface area contributed by atoms with Gasteiger partial charge in [-0.3, -0.25) is 9.69 Å². The summed E-state index contributed by atoms with van der Waals surface area (Å²) < 4.78 is 5.35. The normalized spacial score (nSPS) is 15.5. The maximum Gasteiger partial charge on any atom is 0.259 e. The molecule has 0 saturated heterocycles. The summed E-state index contributed by atoms with van der Waals surface area (Å²) in [5, 5.41) is 11.1. The predicted octanol–water partition coefficient (Wildman–Crippen LogP) is 3.11. The number of ether oxygens (including phenoxy) is 1. The maximum atomic E-state index is 12.8. The number of aliphatic hydroxyl groups is 1. The van der Waals surface area contributed by atoms with Crippen LogP contribution < -0.4 is 5.56 Å². The molecule has 0 spiro atoms. The Kier molecular flexibility index (Phi) is 7.62. The molecule has 0 radical (unpaired) electrons. The Morgan fingerprint density at radius 1 is 1.32 bits per heavy atom. The molecule has 2 aromatic rings. The number of H-pyrrole nitrogens is 1. The number of nitrogens with zero attached hydrogens (tertiary/aromatic N) is 2. The lowest BCUT2D eigenvalue weighted by Gasteiger charge is -2.25. The molecule has 1 aliphatic rings. The van der Waals surface area contributed by atoms with Gasteiger partial charge in [0.25, 0.3) is 5.56 Å². The number of nitrogens with one attached hydrogen (secondary N) is 1. The predicted molar refractivity (Wildman–Crippen MR) is 114 cm³/mol. The van der Waals surface area contributed by atoms with Gasteiger partial charge >= 0.3 is 0 Å². The highest BCUT2D eigenvalue weighted by atomic mass is 32.1. The maximum absolute atomic E-state index is 12.8. The zero-order valence-electron chi connectivity index (χ0n) is 17.3. The van der Waals surface area contributed by atoms with Gasteiger partial charge in [-0.25, -0.2) is 4.98 Å². The highest BCUT2D eigenvalue weighted by Crippen LogP contribution is 2.33. The lowest BCUT2D eigenvalue weighted by molar-refractivity contribution is 0.0183. The van der Waals surface area contributed by atoms with Gasteiger partial charge in [0.2, 0.25) is 0 Å². The molecule has 0 bridgehead atoms. The molecule has 7 heteroatoms. The van der Waals surface area contributed by atoms with Crippen LogP contribution in [0.15, 0.2) is 4.79 Å². The van der Waals surface area contributed by atoms with Crippen LogP contribution in [-0.2, 0) is 24.1 Å². The van der Waals surface area contributed by atoms with Gasteiger partial charge < -0.3 is 14.8 Å². The lowest BCUT2D eigenvalue weighted by atomic mass is 9.97. The molecule has 6 nitrogen and oxygen atoms in total. The van der Waals surface area contributed by atoms with Crippen molar-refractivity contribution in [2.75, 3.05) is 26.3 Å². The first kappa shape index (κ1) is 21.4. The molecule has 1 unspecified atom stereocenters. The number of hydrogen-bond acceptors (Lipinski definition) is 6. The third-order valence-corrected chi connectivity index (χ3v) is 6.44. The van der Waals surface area contributed by atoms with Gasteiger partial charge in [-0.05, 0) is 57.1 Å². The fourth-order valence-corrected chi connectivity index (χ4v) is 5.06. The molecule has 0 fully saturated rings. The molecule has 2 heterocycles.